The van der Waals surface area contributed by atoms with Crippen LogP contribution >= 0.6 is 0 Å². The summed E-state index contributed by atoms with van der Waals surface area (Å²) in [5.41, 5.74) is -2.71. The van der Waals surface area contributed by atoms with Crippen LogP contribution in [0.5, 0.6) is 0 Å². The van der Waals surface area contributed by atoms with Crippen molar-refractivity contribution in [3.05, 3.63) is 0 Å². The highest BCUT2D eigenvalue weighted by Crippen LogP contribution is 2.89. The van der Waals surface area contributed by atoms with Gasteiger partial charge in [-0.1, -0.05) is 20.8 Å². The average molecular weight is 815 g/mol. The molecule has 0 aromatic rings. The van der Waals surface area contributed by atoms with E-state index in [2.05, 4.69) is 27.7 Å². The van der Waals surface area contributed by atoms with Gasteiger partial charge in [0.25, 0.3) is 0 Å². The molecule has 57 heavy (non-hydrogen) atoms. The van der Waals surface area contributed by atoms with Gasteiger partial charge < -0.3 is 74.7 Å². The first-order valence-corrected chi connectivity index (χ1v) is 21.5. The first-order chi connectivity index (χ1) is 26.6. The first-order valence-electron chi connectivity index (χ1n) is 21.5. The highest BCUT2D eigenvalue weighted by molar-refractivity contribution is 5.32. The maximum Gasteiger partial charge on any atom is 0.186 e. The third kappa shape index (κ3) is 6.06. The number of hydrogen-bond donors (Lipinski definition) is 10. The summed E-state index contributed by atoms with van der Waals surface area (Å²) in [5, 5.41) is 107. The second-order valence-electron chi connectivity index (χ2n) is 21.3. The van der Waals surface area contributed by atoms with E-state index in [0.29, 0.717) is 25.2 Å². The fourth-order valence-corrected chi connectivity index (χ4v) is 15.1. The van der Waals surface area contributed by atoms with Crippen LogP contribution in [0.3, 0.4) is 0 Å². The maximum absolute atomic E-state index is 12.0. The molecule has 328 valence electrons. The van der Waals surface area contributed by atoms with Gasteiger partial charge in [0.2, 0.25) is 0 Å². The zero-order valence-electron chi connectivity index (χ0n) is 34.4. The van der Waals surface area contributed by atoms with Crippen molar-refractivity contribution in [1.29, 1.82) is 0 Å². The molecule has 8 rings (SSSR count). The van der Waals surface area contributed by atoms with E-state index >= 15 is 0 Å². The van der Waals surface area contributed by atoms with Crippen molar-refractivity contribution >= 4 is 0 Å². The van der Waals surface area contributed by atoms with Crippen molar-refractivity contribution < 1.29 is 74.7 Å². The number of hydrogen-bond acceptors (Lipinski definition) is 15. The Kier molecular flexibility index (Phi) is 10.7. The Morgan fingerprint density at radius 1 is 0.684 bits per heavy atom. The van der Waals surface area contributed by atoms with Crippen molar-refractivity contribution in [2.45, 2.75) is 197 Å². The van der Waals surface area contributed by atoms with Crippen LogP contribution in [-0.4, -0.2) is 162 Å². The molecule has 5 aliphatic carbocycles. The van der Waals surface area contributed by atoms with Crippen LogP contribution in [0.4, 0.5) is 0 Å². The van der Waals surface area contributed by atoms with Crippen molar-refractivity contribution in [3.63, 3.8) is 0 Å². The van der Waals surface area contributed by atoms with Crippen molar-refractivity contribution in [2.75, 3.05) is 19.8 Å². The molecule has 10 N–H and O–H groups in total. The fraction of sp³-hybridized carbons (Fsp3) is 1.00. The number of ether oxygens (including phenoxy) is 5. The first kappa shape index (κ1) is 43.1. The molecule has 8 fully saturated rings. The number of fused-ring (bicyclic) bond motifs is 2. The predicted octanol–water partition coefficient (Wildman–Crippen LogP) is 0.0866. The number of rotatable bonds is 9. The maximum atomic E-state index is 12.0. The Morgan fingerprint density at radius 3 is 1.93 bits per heavy atom. The SMILES string of the molecule is CC(C)(O)C1CCC(C)(C2C(O)CC3(C)C4CCC5C(C)(C)C(OC6OC(COC7OC(CO)C(O)C(O)C7O)C(O)C(O)C6O)CCC56CC46CCC23CO)O1. The molecular weight excluding hydrogens is 744 g/mol. The van der Waals surface area contributed by atoms with Gasteiger partial charge in [0.15, 0.2) is 12.6 Å². The molecule has 0 radical (unpaired) electrons. The molecule has 3 saturated heterocycles. The molecule has 15 heteroatoms. The van der Waals surface area contributed by atoms with Gasteiger partial charge in [-0.15, -0.1) is 0 Å². The van der Waals surface area contributed by atoms with Crippen LogP contribution in [-0.2, 0) is 23.7 Å². The third-order valence-electron chi connectivity index (χ3n) is 18.0. The van der Waals surface area contributed by atoms with Crippen molar-refractivity contribution in [2.24, 2.45) is 44.8 Å². The van der Waals surface area contributed by atoms with Gasteiger partial charge in [-0.2, -0.15) is 0 Å². The molecule has 5 saturated carbocycles. The van der Waals surface area contributed by atoms with Gasteiger partial charge in [-0.25, -0.2) is 0 Å². The van der Waals surface area contributed by atoms with Gasteiger partial charge in [0.05, 0.1) is 42.7 Å². The molecule has 15 nitrogen and oxygen atoms in total. The highest BCUT2D eigenvalue weighted by Gasteiger charge is 2.84. The van der Waals surface area contributed by atoms with Gasteiger partial charge in [0.1, 0.15) is 48.8 Å². The summed E-state index contributed by atoms with van der Waals surface area (Å²) in [6, 6.07) is 0. The second-order valence-corrected chi connectivity index (χ2v) is 21.3. The fourth-order valence-electron chi connectivity index (χ4n) is 15.1. The molecule has 0 aromatic carbocycles. The van der Waals surface area contributed by atoms with E-state index in [4.69, 9.17) is 23.7 Å². The zero-order valence-corrected chi connectivity index (χ0v) is 34.4. The van der Waals surface area contributed by atoms with Crippen LogP contribution < -0.4 is 0 Å². The van der Waals surface area contributed by atoms with Gasteiger partial charge in [-0.05, 0) is 118 Å². The molecule has 0 aromatic heterocycles. The van der Waals surface area contributed by atoms with Crippen LogP contribution in [0.2, 0.25) is 0 Å². The van der Waals surface area contributed by atoms with E-state index in [1.54, 1.807) is 13.8 Å². The molecule has 2 spiro atoms. The van der Waals surface area contributed by atoms with Crippen LogP contribution in [0.15, 0.2) is 0 Å². The van der Waals surface area contributed by atoms with E-state index < -0.39 is 97.3 Å². The Balaban J connectivity index is 0.969. The van der Waals surface area contributed by atoms with E-state index in [0.717, 1.165) is 44.9 Å². The highest BCUT2D eigenvalue weighted by atomic mass is 16.7. The Labute approximate surface area is 335 Å². The number of aliphatic hydroxyl groups is 10. The average Bonchev–Trinajstić information content (AvgIpc) is 3.51. The predicted molar refractivity (Wildman–Crippen MR) is 200 cm³/mol. The Hall–Kier alpha value is -0.600. The summed E-state index contributed by atoms with van der Waals surface area (Å²) in [6.07, 6.45) is -7.77. The van der Waals surface area contributed by atoms with Crippen LogP contribution in [0.1, 0.15) is 106 Å². The molecule has 3 aliphatic heterocycles. The van der Waals surface area contributed by atoms with Crippen LogP contribution in [0, 0.1) is 44.8 Å². The lowest BCUT2D eigenvalue weighted by atomic mass is 9.41. The minimum absolute atomic E-state index is 0.0133. The molecular formula is C42H70O15. The summed E-state index contributed by atoms with van der Waals surface area (Å²) >= 11 is 0. The molecule has 21 unspecified atom stereocenters. The molecule has 3 heterocycles. The lowest BCUT2D eigenvalue weighted by Crippen LogP contribution is -2.63. The minimum atomic E-state index is -1.66. The standard InChI is InChI=1S/C42H70O15/c1-36(2)23-7-8-24-38(5)15-20(45)33(39(6)11-9-26(57-39)37(3,4)52)42(38,19-44)14-13-41(24)18-40(23,41)12-10-25(36)56-35-32(51)30(49)28(47)22(55-35)17-53-34-31(50)29(48)27(46)21(16-43)54-34/h20-35,43-52H,7-19H2,1-6H3. The van der Waals surface area contributed by atoms with Crippen molar-refractivity contribution in [3.8, 4) is 0 Å². The molecule has 0 amide bonds. The molecule has 8 aliphatic rings. The lowest BCUT2D eigenvalue weighted by Gasteiger charge is -2.64. The summed E-state index contributed by atoms with van der Waals surface area (Å²) < 4.78 is 30.4. The molecule has 21 atom stereocenters. The largest absolute Gasteiger partial charge is 0.396 e. The third-order valence-corrected chi connectivity index (χ3v) is 18.0. The normalized spacial score (nSPS) is 57.1. The van der Waals surface area contributed by atoms with E-state index in [1.807, 2.05) is 0 Å². The molecule has 0 bridgehead atoms. The zero-order chi connectivity index (χ0) is 41.5. The minimum Gasteiger partial charge on any atom is -0.396 e. The van der Waals surface area contributed by atoms with Gasteiger partial charge in [-0.3, -0.25) is 0 Å². The lowest BCUT2D eigenvalue weighted by molar-refractivity contribution is -0.343. The van der Waals surface area contributed by atoms with E-state index in [1.165, 1.54) is 0 Å². The smallest absolute Gasteiger partial charge is 0.186 e. The summed E-state index contributed by atoms with van der Waals surface area (Å²) in [5.74, 6) is 0.354. The quantitative estimate of drug-likeness (QED) is 0.139. The second kappa shape index (κ2) is 14.2. The van der Waals surface area contributed by atoms with E-state index in [-0.39, 0.29) is 52.3 Å². The summed E-state index contributed by atoms with van der Waals surface area (Å²) in [6.45, 7) is 11.3. The summed E-state index contributed by atoms with van der Waals surface area (Å²) in [7, 11) is 0. The Bertz CT molecular complexity index is 1490. The van der Waals surface area contributed by atoms with Gasteiger partial charge >= 0.3 is 0 Å². The monoisotopic (exact) mass is 814 g/mol. The van der Waals surface area contributed by atoms with E-state index in [9.17, 15) is 51.1 Å². The topological polar surface area (TPSA) is 248 Å². The van der Waals surface area contributed by atoms with Gasteiger partial charge in [0, 0.05) is 17.9 Å². The number of aliphatic hydroxyl groups excluding tert-OH is 9. The summed E-state index contributed by atoms with van der Waals surface area (Å²) in [4.78, 5) is 0. The Morgan fingerprint density at radius 2 is 1.30 bits per heavy atom. The van der Waals surface area contributed by atoms with Crippen LogP contribution in [0.25, 0.3) is 0 Å². The van der Waals surface area contributed by atoms with Crippen molar-refractivity contribution in [1.82, 2.24) is 0 Å².